The van der Waals surface area contributed by atoms with E-state index in [-0.39, 0.29) is 18.4 Å². The second kappa shape index (κ2) is 7.63. The topological polar surface area (TPSA) is 93.5 Å². The van der Waals surface area contributed by atoms with Gasteiger partial charge in [0.1, 0.15) is 17.6 Å². The van der Waals surface area contributed by atoms with Gasteiger partial charge in [-0.05, 0) is 43.5 Å². The van der Waals surface area contributed by atoms with Crippen molar-refractivity contribution in [3.8, 4) is 17.1 Å². The van der Waals surface area contributed by atoms with Crippen LogP contribution in [0.3, 0.4) is 0 Å². The van der Waals surface area contributed by atoms with Crippen molar-refractivity contribution in [3.63, 3.8) is 0 Å². The zero-order valence-corrected chi connectivity index (χ0v) is 13.9. The van der Waals surface area contributed by atoms with Gasteiger partial charge in [-0.25, -0.2) is 4.98 Å². The summed E-state index contributed by atoms with van der Waals surface area (Å²) in [6.07, 6.45) is 4.43. The third-order valence-corrected chi connectivity index (χ3v) is 4.22. The molecule has 0 radical (unpaired) electrons. The van der Waals surface area contributed by atoms with Crippen molar-refractivity contribution in [3.05, 3.63) is 35.7 Å². The maximum absolute atomic E-state index is 11.9. The summed E-state index contributed by atoms with van der Waals surface area (Å²) in [5.41, 5.74) is 3.26. The highest BCUT2D eigenvalue weighted by Gasteiger charge is 2.28. The Morgan fingerprint density at radius 2 is 2.08 bits per heavy atom. The molecule has 1 atom stereocenters. The van der Waals surface area contributed by atoms with E-state index < -0.39 is 0 Å². The molecule has 1 aromatic heterocycles. The van der Waals surface area contributed by atoms with Gasteiger partial charge in [0, 0.05) is 24.5 Å². The van der Waals surface area contributed by atoms with E-state index in [0.29, 0.717) is 0 Å². The molecule has 1 aliphatic rings. The highest BCUT2D eigenvalue weighted by Crippen LogP contribution is 2.32. The van der Waals surface area contributed by atoms with Gasteiger partial charge in [0.2, 0.25) is 5.91 Å². The van der Waals surface area contributed by atoms with Crippen LogP contribution in [-0.2, 0) is 9.59 Å². The number of hydrogen-bond acceptors (Lipinski definition) is 4. The molecule has 1 aliphatic heterocycles. The lowest BCUT2D eigenvalue weighted by atomic mass is 10.0. The van der Waals surface area contributed by atoms with Crippen LogP contribution < -0.4 is 10.1 Å². The number of ether oxygens (including phenoxy) is 1. The molecule has 0 spiro atoms. The Bertz CT molecular complexity index is 739. The van der Waals surface area contributed by atoms with Crippen molar-refractivity contribution in [2.75, 3.05) is 13.7 Å². The number of hydrogen-bond donors (Lipinski definition) is 2. The number of rotatable bonds is 3. The van der Waals surface area contributed by atoms with Crippen molar-refractivity contribution >= 4 is 12.4 Å². The van der Waals surface area contributed by atoms with Crippen molar-refractivity contribution in [2.45, 2.75) is 26.3 Å². The lowest BCUT2D eigenvalue weighted by Gasteiger charge is -2.16. The molecule has 0 bridgehead atoms. The maximum Gasteiger partial charge on any atom is 0.290 e. The van der Waals surface area contributed by atoms with Crippen LogP contribution in [0.5, 0.6) is 5.75 Å². The predicted molar refractivity (Wildman–Crippen MR) is 89.0 cm³/mol. The van der Waals surface area contributed by atoms with E-state index in [4.69, 9.17) is 14.6 Å². The smallest absolute Gasteiger partial charge is 0.290 e. The number of carboxylic acid groups (broad SMARTS) is 1. The number of aromatic nitrogens is 2. The fourth-order valence-corrected chi connectivity index (χ4v) is 2.88. The standard InChI is InChI=1S/C16H19N3O2.CH2O2/c1-10-11(2)14(21-3)5-4-12(10)15-17-8-9-19(15)13-6-7-18-16(13)20;2-1-3/h4-5,8-9,13H,6-7H2,1-3H3,(H,18,20);1H,(H,2,3). The molecule has 1 amide bonds. The van der Waals surface area contributed by atoms with Crippen LogP contribution in [0.2, 0.25) is 0 Å². The third-order valence-electron chi connectivity index (χ3n) is 4.22. The first-order valence-electron chi connectivity index (χ1n) is 7.58. The molecule has 2 heterocycles. The molecular weight excluding hydrogens is 310 g/mol. The number of benzene rings is 1. The number of carbonyl (C=O) groups is 2. The fourth-order valence-electron chi connectivity index (χ4n) is 2.88. The van der Waals surface area contributed by atoms with E-state index in [1.165, 1.54) is 0 Å². The summed E-state index contributed by atoms with van der Waals surface area (Å²) in [6.45, 7) is 4.57. The lowest BCUT2D eigenvalue weighted by Crippen LogP contribution is -2.22. The molecule has 0 aliphatic carbocycles. The van der Waals surface area contributed by atoms with E-state index in [1.54, 1.807) is 13.3 Å². The Kier molecular flexibility index (Phi) is 5.57. The number of methoxy groups -OCH3 is 1. The highest BCUT2D eigenvalue weighted by atomic mass is 16.5. The van der Waals surface area contributed by atoms with Gasteiger partial charge in [0.15, 0.2) is 0 Å². The SMILES string of the molecule is COc1ccc(-c2nccn2C2CCNC2=O)c(C)c1C.O=CO. The van der Waals surface area contributed by atoms with Crippen molar-refractivity contribution in [2.24, 2.45) is 0 Å². The van der Waals surface area contributed by atoms with Crippen LogP contribution >= 0.6 is 0 Å². The number of nitrogens with zero attached hydrogens (tertiary/aromatic N) is 2. The minimum atomic E-state index is -0.250. The van der Waals surface area contributed by atoms with E-state index in [2.05, 4.69) is 17.2 Å². The second-order valence-corrected chi connectivity index (χ2v) is 5.42. The Labute approximate surface area is 140 Å². The number of amides is 1. The molecular formula is C17H21N3O4. The average molecular weight is 331 g/mol. The molecule has 0 saturated carbocycles. The van der Waals surface area contributed by atoms with E-state index in [0.717, 1.165) is 41.2 Å². The summed E-state index contributed by atoms with van der Waals surface area (Å²) in [5, 5.41) is 9.76. The first-order chi connectivity index (χ1) is 11.5. The molecule has 7 nitrogen and oxygen atoms in total. The molecule has 1 fully saturated rings. The molecule has 1 unspecified atom stereocenters. The highest BCUT2D eigenvalue weighted by molar-refractivity contribution is 5.83. The quantitative estimate of drug-likeness (QED) is 0.838. The van der Waals surface area contributed by atoms with Gasteiger partial charge >= 0.3 is 0 Å². The van der Waals surface area contributed by atoms with Gasteiger partial charge in [-0.3, -0.25) is 9.59 Å². The van der Waals surface area contributed by atoms with Crippen LogP contribution in [0.4, 0.5) is 0 Å². The third kappa shape index (κ3) is 3.24. The summed E-state index contributed by atoms with van der Waals surface area (Å²) in [4.78, 5) is 24.8. The van der Waals surface area contributed by atoms with Gasteiger partial charge in [0.05, 0.1) is 7.11 Å². The first kappa shape index (κ1) is 17.5. The molecule has 1 saturated heterocycles. The molecule has 1 aromatic carbocycles. The summed E-state index contributed by atoms with van der Waals surface area (Å²) < 4.78 is 7.32. The minimum absolute atomic E-state index is 0.0668. The lowest BCUT2D eigenvalue weighted by molar-refractivity contribution is -0.123. The average Bonchev–Trinajstić information content (AvgIpc) is 3.19. The van der Waals surface area contributed by atoms with Gasteiger partial charge in [-0.2, -0.15) is 0 Å². The van der Waals surface area contributed by atoms with E-state index in [1.807, 2.05) is 29.8 Å². The van der Waals surface area contributed by atoms with Crippen LogP contribution in [-0.4, -0.2) is 40.7 Å². The van der Waals surface area contributed by atoms with Crippen molar-refractivity contribution in [1.29, 1.82) is 0 Å². The maximum atomic E-state index is 11.9. The van der Waals surface area contributed by atoms with Crippen LogP contribution in [0.15, 0.2) is 24.5 Å². The largest absolute Gasteiger partial charge is 0.496 e. The monoisotopic (exact) mass is 331 g/mol. The summed E-state index contributed by atoms with van der Waals surface area (Å²) in [5.74, 6) is 1.77. The normalized spacial score (nSPS) is 16.1. The van der Waals surface area contributed by atoms with Crippen LogP contribution in [0.1, 0.15) is 23.6 Å². The Morgan fingerprint density at radius 3 is 2.67 bits per heavy atom. The van der Waals surface area contributed by atoms with Gasteiger partial charge in [-0.15, -0.1) is 0 Å². The summed E-state index contributed by atoms with van der Waals surface area (Å²) in [6, 6.07) is 3.79. The summed E-state index contributed by atoms with van der Waals surface area (Å²) in [7, 11) is 1.67. The zero-order chi connectivity index (χ0) is 17.7. The zero-order valence-electron chi connectivity index (χ0n) is 13.9. The van der Waals surface area contributed by atoms with Crippen molar-refractivity contribution < 1.29 is 19.4 Å². The number of nitrogens with one attached hydrogen (secondary N) is 1. The Hall–Kier alpha value is -2.83. The van der Waals surface area contributed by atoms with Gasteiger partial charge in [-0.1, -0.05) is 0 Å². The second-order valence-electron chi connectivity index (χ2n) is 5.42. The van der Waals surface area contributed by atoms with Gasteiger partial charge < -0.3 is 19.7 Å². The van der Waals surface area contributed by atoms with Gasteiger partial charge in [0.25, 0.3) is 6.47 Å². The fraction of sp³-hybridized carbons (Fsp3) is 0.353. The predicted octanol–water partition coefficient (Wildman–Crippen LogP) is 1.94. The number of imidazole rings is 1. The molecule has 2 aromatic rings. The van der Waals surface area contributed by atoms with Crippen LogP contribution in [0.25, 0.3) is 11.4 Å². The Balaban J connectivity index is 0.000000647. The molecule has 2 N–H and O–H groups in total. The minimum Gasteiger partial charge on any atom is -0.496 e. The van der Waals surface area contributed by atoms with E-state index >= 15 is 0 Å². The molecule has 7 heteroatoms. The number of carbonyl (C=O) groups excluding carboxylic acids is 1. The molecule has 24 heavy (non-hydrogen) atoms. The van der Waals surface area contributed by atoms with Crippen molar-refractivity contribution in [1.82, 2.24) is 14.9 Å². The van der Waals surface area contributed by atoms with E-state index in [9.17, 15) is 4.79 Å². The molecule has 128 valence electrons. The summed E-state index contributed by atoms with van der Waals surface area (Å²) >= 11 is 0. The first-order valence-corrected chi connectivity index (χ1v) is 7.58. The molecule has 3 rings (SSSR count). The Morgan fingerprint density at radius 1 is 1.38 bits per heavy atom. The van der Waals surface area contributed by atoms with Crippen LogP contribution in [0, 0.1) is 13.8 Å².